The quantitative estimate of drug-likeness (QED) is 0.432. The van der Waals surface area contributed by atoms with Gasteiger partial charge >= 0.3 is 6.18 Å². The average molecular weight is 352 g/mol. The van der Waals surface area contributed by atoms with E-state index in [1.165, 1.54) is 10.5 Å². The number of aromatic nitrogens is 4. The highest BCUT2D eigenvalue weighted by Gasteiger charge is 2.35. The predicted octanol–water partition coefficient (Wildman–Crippen LogP) is 4.85. The first kappa shape index (κ1) is 14.9. The van der Waals surface area contributed by atoms with Crippen molar-refractivity contribution in [2.24, 2.45) is 0 Å². The highest BCUT2D eigenvalue weighted by molar-refractivity contribution is 5.92. The Balaban J connectivity index is 1.94. The summed E-state index contributed by atoms with van der Waals surface area (Å²) in [5.74, 6) is 0. The summed E-state index contributed by atoms with van der Waals surface area (Å²) in [5.41, 5.74) is 2.22. The van der Waals surface area contributed by atoms with Crippen molar-refractivity contribution in [3.05, 3.63) is 72.7 Å². The minimum Gasteiger partial charge on any atom is -0.299 e. The van der Waals surface area contributed by atoms with Gasteiger partial charge in [-0.05, 0) is 36.4 Å². The molecule has 3 aromatic heterocycles. The summed E-state index contributed by atoms with van der Waals surface area (Å²) in [7, 11) is 0. The van der Waals surface area contributed by atoms with Crippen LogP contribution in [-0.2, 0) is 6.18 Å². The van der Waals surface area contributed by atoms with Crippen LogP contribution in [-0.4, -0.2) is 18.9 Å². The van der Waals surface area contributed by atoms with Crippen LogP contribution in [0.25, 0.3) is 33.4 Å². The van der Waals surface area contributed by atoms with E-state index in [2.05, 4.69) is 9.97 Å². The van der Waals surface area contributed by atoms with Crippen molar-refractivity contribution >= 4 is 27.7 Å². The van der Waals surface area contributed by atoms with Gasteiger partial charge in [0.2, 0.25) is 0 Å². The number of fused-ring (bicyclic) bond motifs is 4. The molecule has 128 valence electrons. The lowest BCUT2D eigenvalue weighted by molar-refractivity contribution is -0.136. The summed E-state index contributed by atoms with van der Waals surface area (Å²) >= 11 is 0. The number of nitrogens with zero attached hydrogens (tertiary/aromatic N) is 4. The molecule has 5 aromatic rings. The molecule has 0 saturated heterocycles. The second-order valence-electron chi connectivity index (χ2n) is 5.97. The van der Waals surface area contributed by atoms with Gasteiger partial charge in [0.05, 0.1) is 27.8 Å². The molecular formula is C19H11F3N4. The molecule has 0 saturated carbocycles. The second-order valence-corrected chi connectivity index (χ2v) is 5.97. The molecule has 0 bridgehead atoms. The van der Waals surface area contributed by atoms with Gasteiger partial charge in [0.25, 0.3) is 0 Å². The lowest BCUT2D eigenvalue weighted by Crippen LogP contribution is -2.08. The minimum absolute atomic E-state index is 0.0448. The summed E-state index contributed by atoms with van der Waals surface area (Å²) in [4.78, 5) is 8.80. The molecule has 0 radical (unpaired) electrons. The van der Waals surface area contributed by atoms with Gasteiger partial charge in [-0.2, -0.15) is 13.2 Å². The van der Waals surface area contributed by atoms with Crippen molar-refractivity contribution in [3.63, 3.8) is 0 Å². The Morgan fingerprint density at radius 2 is 1.69 bits per heavy atom. The molecular weight excluding hydrogens is 341 g/mol. The fourth-order valence-electron chi connectivity index (χ4n) is 3.33. The van der Waals surface area contributed by atoms with E-state index in [-0.39, 0.29) is 11.0 Å². The monoisotopic (exact) mass is 352 g/mol. The highest BCUT2D eigenvalue weighted by Crippen LogP contribution is 2.37. The number of rotatable bonds is 1. The van der Waals surface area contributed by atoms with Crippen LogP contribution in [0.4, 0.5) is 13.2 Å². The van der Waals surface area contributed by atoms with Crippen molar-refractivity contribution in [3.8, 4) is 5.69 Å². The van der Waals surface area contributed by atoms with Gasteiger partial charge in [-0.15, -0.1) is 0 Å². The van der Waals surface area contributed by atoms with E-state index in [0.29, 0.717) is 11.3 Å². The molecule has 0 aliphatic heterocycles. The Hall–Kier alpha value is -3.35. The SMILES string of the molecule is FC(F)(F)c1ccc(-n2cnc3ccccc32)c2nc3ccccn3c12. The molecule has 4 nitrogen and oxygen atoms in total. The van der Waals surface area contributed by atoms with Gasteiger partial charge < -0.3 is 0 Å². The Kier molecular flexibility index (Phi) is 2.92. The summed E-state index contributed by atoms with van der Waals surface area (Å²) < 4.78 is 44.0. The van der Waals surface area contributed by atoms with E-state index in [0.717, 1.165) is 17.1 Å². The third kappa shape index (κ3) is 2.03. The number of halogens is 3. The maximum atomic E-state index is 13.6. The average Bonchev–Trinajstić information content (AvgIpc) is 3.22. The zero-order valence-electron chi connectivity index (χ0n) is 13.3. The van der Waals surface area contributed by atoms with Gasteiger partial charge in [-0.1, -0.05) is 18.2 Å². The number of para-hydroxylation sites is 2. The predicted molar refractivity (Wildman–Crippen MR) is 92.3 cm³/mol. The van der Waals surface area contributed by atoms with Crippen molar-refractivity contribution in [2.75, 3.05) is 0 Å². The summed E-state index contributed by atoms with van der Waals surface area (Å²) in [5, 5.41) is 0. The summed E-state index contributed by atoms with van der Waals surface area (Å²) in [6.07, 6.45) is -1.27. The molecule has 0 spiro atoms. The van der Waals surface area contributed by atoms with Crippen LogP contribution in [0.2, 0.25) is 0 Å². The Bertz CT molecular complexity index is 1280. The lowest BCUT2D eigenvalue weighted by atomic mass is 10.1. The Labute approximate surface area is 145 Å². The van der Waals surface area contributed by atoms with Gasteiger partial charge in [0.15, 0.2) is 0 Å². The molecule has 0 atom stereocenters. The van der Waals surface area contributed by atoms with Crippen LogP contribution in [0.15, 0.2) is 67.1 Å². The fourth-order valence-corrected chi connectivity index (χ4v) is 3.33. The number of hydrogen-bond donors (Lipinski definition) is 0. The number of pyridine rings is 1. The number of benzene rings is 2. The molecule has 26 heavy (non-hydrogen) atoms. The van der Waals surface area contributed by atoms with E-state index in [9.17, 15) is 13.2 Å². The van der Waals surface area contributed by atoms with E-state index in [1.54, 1.807) is 35.3 Å². The maximum absolute atomic E-state index is 13.6. The molecule has 0 fully saturated rings. The largest absolute Gasteiger partial charge is 0.418 e. The van der Waals surface area contributed by atoms with Crippen LogP contribution in [0.3, 0.4) is 0 Å². The van der Waals surface area contributed by atoms with E-state index < -0.39 is 11.7 Å². The smallest absolute Gasteiger partial charge is 0.299 e. The third-order valence-corrected chi connectivity index (χ3v) is 4.45. The van der Waals surface area contributed by atoms with Crippen LogP contribution in [0, 0.1) is 0 Å². The first-order valence-corrected chi connectivity index (χ1v) is 7.93. The van der Waals surface area contributed by atoms with Gasteiger partial charge in [-0.25, -0.2) is 9.97 Å². The van der Waals surface area contributed by atoms with E-state index in [4.69, 9.17) is 0 Å². The Morgan fingerprint density at radius 1 is 0.885 bits per heavy atom. The van der Waals surface area contributed by atoms with Crippen molar-refractivity contribution in [2.45, 2.75) is 6.18 Å². The Morgan fingerprint density at radius 3 is 2.54 bits per heavy atom. The number of imidazole rings is 2. The topological polar surface area (TPSA) is 35.1 Å². The van der Waals surface area contributed by atoms with Crippen LogP contribution < -0.4 is 0 Å². The maximum Gasteiger partial charge on any atom is 0.418 e. The molecule has 7 heteroatoms. The van der Waals surface area contributed by atoms with Crippen molar-refractivity contribution in [1.29, 1.82) is 0 Å². The molecule has 0 aliphatic rings. The van der Waals surface area contributed by atoms with Crippen molar-refractivity contribution in [1.82, 2.24) is 18.9 Å². The number of hydrogen-bond acceptors (Lipinski definition) is 2. The van der Waals surface area contributed by atoms with Gasteiger partial charge in [-0.3, -0.25) is 8.97 Å². The standard InChI is InChI=1S/C19H11F3N4/c20-19(21,22)12-8-9-15(26-11-23-13-5-1-2-6-14(13)26)17-18(12)25-10-4-3-7-16(25)24-17/h1-11H. The zero-order valence-corrected chi connectivity index (χ0v) is 13.3. The molecule has 0 aliphatic carbocycles. The second kappa shape index (κ2) is 5.08. The molecule has 3 heterocycles. The first-order valence-electron chi connectivity index (χ1n) is 7.93. The summed E-state index contributed by atoms with van der Waals surface area (Å²) in [6, 6.07) is 15.2. The van der Waals surface area contributed by atoms with Crippen molar-refractivity contribution < 1.29 is 13.2 Å². The third-order valence-electron chi connectivity index (χ3n) is 4.45. The molecule has 5 rings (SSSR count). The zero-order chi connectivity index (χ0) is 17.9. The lowest BCUT2D eigenvalue weighted by Gasteiger charge is -2.12. The van der Waals surface area contributed by atoms with Gasteiger partial charge in [0.1, 0.15) is 17.5 Å². The van der Waals surface area contributed by atoms with Gasteiger partial charge in [0, 0.05) is 6.20 Å². The summed E-state index contributed by atoms with van der Waals surface area (Å²) in [6.45, 7) is 0. The van der Waals surface area contributed by atoms with Crippen LogP contribution >= 0.6 is 0 Å². The number of alkyl halides is 3. The normalized spacial score (nSPS) is 12.4. The fraction of sp³-hybridized carbons (Fsp3) is 0.0526. The molecule has 0 amide bonds. The molecule has 0 N–H and O–H groups in total. The molecule has 2 aromatic carbocycles. The van der Waals surface area contributed by atoms with Crippen LogP contribution in [0.1, 0.15) is 5.56 Å². The first-order chi connectivity index (χ1) is 12.5. The van der Waals surface area contributed by atoms with E-state index in [1.807, 2.05) is 24.3 Å². The minimum atomic E-state index is -4.47. The van der Waals surface area contributed by atoms with E-state index >= 15 is 0 Å². The molecule has 0 unspecified atom stereocenters. The highest BCUT2D eigenvalue weighted by atomic mass is 19.4. The van der Waals surface area contributed by atoms with Crippen LogP contribution in [0.5, 0.6) is 0 Å².